The fourth-order valence-corrected chi connectivity index (χ4v) is 3.46. The van der Waals surface area contributed by atoms with Crippen molar-refractivity contribution in [2.75, 3.05) is 24.5 Å². The number of aromatic nitrogens is 1. The van der Waals surface area contributed by atoms with E-state index in [0.717, 1.165) is 36.9 Å². The van der Waals surface area contributed by atoms with Crippen molar-refractivity contribution >= 4 is 35.6 Å². The van der Waals surface area contributed by atoms with E-state index in [2.05, 4.69) is 53.5 Å². The number of fused-ring (bicyclic) bond motifs is 1. The second-order valence-electron chi connectivity index (χ2n) is 6.36. The van der Waals surface area contributed by atoms with Gasteiger partial charge >= 0.3 is 0 Å². The number of anilines is 1. The molecule has 1 unspecified atom stereocenters. The van der Waals surface area contributed by atoms with Crippen LogP contribution in [-0.2, 0) is 6.42 Å². The standard InChI is InChI=1S/C19H26N4O.HI/c1-5-20-19(23-11-10-16-8-6-7-9-17(16)23)21-12-13(2)18-14(3)22-24-15(18)4;/h6-9,13H,5,10-12H2,1-4H3,(H,20,21);1H. The summed E-state index contributed by atoms with van der Waals surface area (Å²) in [5.41, 5.74) is 4.80. The Morgan fingerprint density at radius 2 is 2.12 bits per heavy atom. The summed E-state index contributed by atoms with van der Waals surface area (Å²) in [6.45, 7) is 10.8. The van der Waals surface area contributed by atoms with Gasteiger partial charge in [0.2, 0.25) is 0 Å². The Labute approximate surface area is 166 Å². The van der Waals surface area contributed by atoms with Crippen LogP contribution in [0.4, 0.5) is 5.69 Å². The molecule has 0 amide bonds. The zero-order valence-corrected chi connectivity index (χ0v) is 17.7. The molecule has 0 radical (unpaired) electrons. The highest BCUT2D eigenvalue weighted by Crippen LogP contribution is 2.28. The summed E-state index contributed by atoms with van der Waals surface area (Å²) in [4.78, 5) is 7.19. The molecule has 0 saturated heterocycles. The number of guanidine groups is 1. The molecule has 25 heavy (non-hydrogen) atoms. The number of aliphatic imine (C=N–C) groups is 1. The molecule has 1 N–H and O–H groups in total. The van der Waals surface area contributed by atoms with Crippen molar-refractivity contribution in [2.24, 2.45) is 4.99 Å². The van der Waals surface area contributed by atoms with E-state index in [1.807, 2.05) is 13.8 Å². The van der Waals surface area contributed by atoms with Crippen LogP contribution in [0.2, 0.25) is 0 Å². The molecule has 0 fully saturated rings. The smallest absolute Gasteiger partial charge is 0.198 e. The molecule has 1 aromatic heterocycles. The van der Waals surface area contributed by atoms with Gasteiger partial charge in [0.1, 0.15) is 5.76 Å². The predicted molar refractivity (Wildman–Crippen MR) is 113 cm³/mol. The van der Waals surface area contributed by atoms with Crippen molar-refractivity contribution in [1.82, 2.24) is 10.5 Å². The average molecular weight is 454 g/mol. The fourth-order valence-electron chi connectivity index (χ4n) is 3.46. The summed E-state index contributed by atoms with van der Waals surface area (Å²) in [5.74, 6) is 2.13. The Hall–Kier alpha value is -1.57. The van der Waals surface area contributed by atoms with Gasteiger partial charge in [-0.05, 0) is 38.8 Å². The van der Waals surface area contributed by atoms with E-state index in [1.165, 1.54) is 16.8 Å². The van der Waals surface area contributed by atoms with Gasteiger partial charge in [-0.1, -0.05) is 30.3 Å². The number of halogens is 1. The van der Waals surface area contributed by atoms with Crippen molar-refractivity contribution < 1.29 is 4.52 Å². The van der Waals surface area contributed by atoms with Crippen molar-refractivity contribution in [1.29, 1.82) is 0 Å². The third kappa shape index (κ3) is 4.16. The van der Waals surface area contributed by atoms with Crippen LogP contribution in [0.3, 0.4) is 0 Å². The molecule has 1 aliphatic rings. The van der Waals surface area contributed by atoms with Crippen LogP contribution in [0.5, 0.6) is 0 Å². The Bertz CT molecular complexity index is 721. The molecule has 1 atom stereocenters. The second-order valence-corrected chi connectivity index (χ2v) is 6.36. The molecule has 0 bridgehead atoms. The lowest BCUT2D eigenvalue weighted by molar-refractivity contribution is 0.391. The SMILES string of the molecule is CCNC(=NCC(C)c1c(C)noc1C)N1CCc2ccccc21.I. The van der Waals surface area contributed by atoms with Gasteiger partial charge in [-0.2, -0.15) is 0 Å². The quantitative estimate of drug-likeness (QED) is 0.431. The lowest BCUT2D eigenvalue weighted by atomic mass is 10.00. The van der Waals surface area contributed by atoms with E-state index in [0.29, 0.717) is 6.54 Å². The van der Waals surface area contributed by atoms with Crippen LogP contribution < -0.4 is 10.2 Å². The van der Waals surface area contributed by atoms with Crippen LogP contribution >= 0.6 is 24.0 Å². The normalized spacial score (nSPS) is 14.9. The third-order valence-corrected chi connectivity index (χ3v) is 4.57. The first-order valence-corrected chi connectivity index (χ1v) is 8.68. The van der Waals surface area contributed by atoms with Crippen molar-refractivity contribution in [3.05, 3.63) is 46.8 Å². The molecule has 0 saturated carbocycles. The molecule has 0 spiro atoms. The summed E-state index contributed by atoms with van der Waals surface area (Å²) in [5, 5.41) is 7.49. The van der Waals surface area contributed by atoms with E-state index in [1.54, 1.807) is 0 Å². The minimum atomic E-state index is 0. The highest BCUT2D eigenvalue weighted by molar-refractivity contribution is 14.0. The van der Waals surface area contributed by atoms with E-state index < -0.39 is 0 Å². The lowest BCUT2D eigenvalue weighted by Crippen LogP contribution is -2.40. The first kappa shape index (κ1) is 19.8. The molecule has 3 rings (SSSR count). The molecule has 1 aromatic carbocycles. The van der Waals surface area contributed by atoms with Gasteiger partial charge in [-0.15, -0.1) is 24.0 Å². The largest absolute Gasteiger partial charge is 0.361 e. The maximum Gasteiger partial charge on any atom is 0.198 e. The molecule has 136 valence electrons. The minimum absolute atomic E-state index is 0. The first-order valence-electron chi connectivity index (χ1n) is 8.68. The van der Waals surface area contributed by atoms with Crippen molar-refractivity contribution in [3.63, 3.8) is 0 Å². The monoisotopic (exact) mass is 454 g/mol. The number of hydrogen-bond donors (Lipinski definition) is 1. The number of rotatable bonds is 4. The van der Waals surface area contributed by atoms with Crippen LogP contribution in [0, 0.1) is 13.8 Å². The topological polar surface area (TPSA) is 53.7 Å². The zero-order valence-electron chi connectivity index (χ0n) is 15.4. The van der Waals surface area contributed by atoms with Gasteiger partial charge in [0, 0.05) is 36.8 Å². The van der Waals surface area contributed by atoms with Gasteiger partial charge in [0.25, 0.3) is 0 Å². The summed E-state index contributed by atoms with van der Waals surface area (Å²) >= 11 is 0. The van der Waals surface area contributed by atoms with Crippen LogP contribution in [0.1, 0.15) is 42.3 Å². The summed E-state index contributed by atoms with van der Waals surface area (Å²) in [6.07, 6.45) is 1.07. The number of nitrogens with one attached hydrogen (secondary N) is 1. The molecule has 6 heteroatoms. The minimum Gasteiger partial charge on any atom is -0.361 e. The lowest BCUT2D eigenvalue weighted by Gasteiger charge is -2.23. The van der Waals surface area contributed by atoms with Gasteiger partial charge in [-0.3, -0.25) is 4.99 Å². The number of hydrogen-bond acceptors (Lipinski definition) is 3. The number of benzene rings is 1. The molecular formula is C19H27IN4O. The fraction of sp³-hybridized carbons (Fsp3) is 0.474. The van der Waals surface area contributed by atoms with Crippen molar-refractivity contribution in [2.45, 2.75) is 40.0 Å². The Balaban J connectivity index is 0.00000225. The Kier molecular flexibility index (Phi) is 6.87. The van der Waals surface area contributed by atoms with Gasteiger partial charge in [-0.25, -0.2) is 0 Å². The van der Waals surface area contributed by atoms with E-state index in [-0.39, 0.29) is 29.9 Å². The number of aryl methyl sites for hydroxylation is 2. The van der Waals surface area contributed by atoms with Gasteiger partial charge < -0.3 is 14.7 Å². The van der Waals surface area contributed by atoms with E-state index >= 15 is 0 Å². The number of para-hydroxylation sites is 1. The van der Waals surface area contributed by atoms with E-state index in [4.69, 9.17) is 9.52 Å². The molecule has 0 aliphatic carbocycles. The highest BCUT2D eigenvalue weighted by Gasteiger charge is 2.23. The highest BCUT2D eigenvalue weighted by atomic mass is 127. The molecule has 2 heterocycles. The van der Waals surface area contributed by atoms with E-state index in [9.17, 15) is 0 Å². The average Bonchev–Trinajstić information content (AvgIpc) is 3.15. The Morgan fingerprint density at radius 1 is 1.36 bits per heavy atom. The molecular weight excluding hydrogens is 427 g/mol. The maximum absolute atomic E-state index is 5.29. The van der Waals surface area contributed by atoms with Crippen LogP contribution in [0.25, 0.3) is 0 Å². The second kappa shape index (κ2) is 8.69. The predicted octanol–water partition coefficient (Wildman–Crippen LogP) is 4.04. The first-order chi connectivity index (χ1) is 11.6. The maximum atomic E-state index is 5.29. The summed E-state index contributed by atoms with van der Waals surface area (Å²) in [6, 6.07) is 8.57. The summed E-state index contributed by atoms with van der Waals surface area (Å²) in [7, 11) is 0. The number of nitrogens with zero attached hydrogens (tertiary/aromatic N) is 3. The molecule has 1 aliphatic heterocycles. The van der Waals surface area contributed by atoms with Gasteiger partial charge in [0.15, 0.2) is 5.96 Å². The van der Waals surface area contributed by atoms with Crippen molar-refractivity contribution in [3.8, 4) is 0 Å². The third-order valence-electron chi connectivity index (χ3n) is 4.57. The molecule has 5 nitrogen and oxygen atoms in total. The van der Waals surface area contributed by atoms with Gasteiger partial charge in [0.05, 0.1) is 5.69 Å². The zero-order chi connectivity index (χ0) is 17.1. The molecule has 2 aromatic rings. The van der Waals surface area contributed by atoms with Crippen LogP contribution in [0.15, 0.2) is 33.8 Å². The summed E-state index contributed by atoms with van der Waals surface area (Å²) < 4.78 is 5.29. The Morgan fingerprint density at radius 3 is 2.80 bits per heavy atom. The van der Waals surface area contributed by atoms with Crippen LogP contribution in [-0.4, -0.2) is 30.8 Å².